The van der Waals surface area contributed by atoms with Gasteiger partial charge in [0.25, 0.3) is 5.92 Å². The van der Waals surface area contributed by atoms with E-state index < -0.39 is 5.92 Å². The average molecular weight is 176 g/mol. The molecular weight excluding hydrogens is 166 g/mol. The Hall–Kier alpha value is -0.710. The Morgan fingerprint density at radius 3 is 3.08 bits per heavy atom. The highest BCUT2D eigenvalue weighted by molar-refractivity contribution is 5.79. The number of fused-ring (bicyclic) bond motifs is 1. The third kappa shape index (κ3) is 1.29. The molecule has 2 fully saturated rings. The first kappa shape index (κ1) is 7.91. The summed E-state index contributed by atoms with van der Waals surface area (Å²) in [5, 5.41) is 2.58. The van der Waals surface area contributed by atoms with Gasteiger partial charge in [-0.2, -0.15) is 0 Å². The molecule has 0 radical (unpaired) electrons. The van der Waals surface area contributed by atoms with Crippen molar-refractivity contribution in [2.75, 3.05) is 19.6 Å². The fourth-order valence-electron chi connectivity index (χ4n) is 1.82. The van der Waals surface area contributed by atoms with Crippen LogP contribution in [0.25, 0.3) is 0 Å². The van der Waals surface area contributed by atoms with E-state index in [2.05, 4.69) is 5.32 Å². The minimum atomic E-state index is -2.60. The molecule has 0 saturated carbocycles. The van der Waals surface area contributed by atoms with Crippen molar-refractivity contribution in [2.45, 2.75) is 18.4 Å². The smallest absolute Gasteiger partial charge is 0.262 e. The number of nitrogens with one attached hydrogen (secondary N) is 1. The van der Waals surface area contributed by atoms with Crippen LogP contribution in [0.2, 0.25) is 0 Å². The maximum Gasteiger partial charge on any atom is 0.262 e. The van der Waals surface area contributed by atoms with E-state index in [0.717, 1.165) is 0 Å². The lowest BCUT2D eigenvalue weighted by Crippen LogP contribution is -2.51. The molecule has 0 spiro atoms. The number of carbonyl (C=O) groups is 1. The molecule has 2 aliphatic rings. The van der Waals surface area contributed by atoms with Gasteiger partial charge < -0.3 is 5.32 Å². The summed E-state index contributed by atoms with van der Waals surface area (Å²) in [4.78, 5) is 12.4. The summed E-state index contributed by atoms with van der Waals surface area (Å²) in [6.45, 7) is 0.236. The Kier molecular flexibility index (Phi) is 1.57. The number of rotatable bonds is 0. The number of amides is 1. The van der Waals surface area contributed by atoms with Crippen molar-refractivity contribution >= 4 is 5.91 Å². The molecule has 0 unspecified atom stereocenters. The zero-order valence-electron chi connectivity index (χ0n) is 6.52. The molecule has 2 heterocycles. The SMILES string of the molecule is O=C1CN2CC(F)(F)C[C@H]2CN1. The molecule has 2 rings (SSSR count). The maximum atomic E-state index is 12.8. The number of piperazine rings is 1. The second-order valence-corrected chi connectivity index (χ2v) is 3.42. The van der Waals surface area contributed by atoms with Crippen LogP contribution in [0.1, 0.15) is 6.42 Å². The molecule has 0 aromatic carbocycles. The Balaban J connectivity index is 2.07. The van der Waals surface area contributed by atoms with E-state index in [0.29, 0.717) is 6.54 Å². The predicted molar refractivity (Wildman–Crippen MR) is 37.9 cm³/mol. The summed E-state index contributed by atoms with van der Waals surface area (Å²) in [6, 6.07) is -0.155. The van der Waals surface area contributed by atoms with Gasteiger partial charge in [-0.1, -0.05) is 0 Å². The van der Waals surface area contributed by atoms with E-state index in [-0.39, 0.29) is 31.5 Å². The lowest BCUT2D eigenvalue weighted by Gasteiger charge is -2.28. The molecule has 1 amide bonds. The third-order valence-corrected chi connectivity index (χ3v) is 2.37. The minimum absolute atomic E-state index is 0.118. The molecule has 0 aromatic heterocycles. The molecule has 12 heavy (non-hydrogen) atoms. The Labute approximate surface area is 68.7 Å². The Morgan fingerprint density at radius 1 is 1.58 bits per heavy atom. The van der Waals surface area contributed by atoms with E-state index in [1.54, 1.807) is 4.90 Å². The van der Waals surface area contributed by atoms with Gasteiger partial charge in [0.05, 0.1) is 13.1 Å². The first-order valence-electron chi connectivity index (χ1n) is 3.95. The van der Waals surface area contributed by atoms with Crippen molar-refractivity contribution in [1.82, 2.24) is 10.2 Å². The van der Waals surface area contributed by atoms with E-state index in [1.165, 1.54) is 0 Å². The fraction of sp³-hybridized carbons (Fsp3) is 0.857. The first-order valence-corrected chi connectivity index (χ1v) is 3.95. The molecule has 1 atom stereocenters. The molecule has 2 saturated heterocycles. The summed E-state index contributed by atoms with van der Waals surface area (Å²) in [6.07, 6.45) is -0.118. The molecule has 3 nitrogen and oxygen atoms in total. The number of hydrogen-bond donors (Lipinski definition) is 1. The van der Waals surface area contributed by atoms with Crippen LogP contribution in [0.15, 0.2) is 0 Å². The Bertz CT molecular complexity index is 219. The highest BCUT2D eigenvalue weighted by Crippen LogP contribution is 2.32. The van der Waals surface area contributed by atoms with Crippen molar-refractivity contribution in [2.24, 2.45) is 0 Å². The summed E-state index contributed by atoms with van der Waals surface area (Å²) >= 11 is 0. The van der Waals surface area contributed by atoms with Crippen molar-refractivity contribution in [1.29, 1.82) is 0 Å². The normalized spacial score (nSPS) is 34.5. The van der Waals surface area contributed by atoms with Gasteiger partial charge >= 0.3 is 0 Å². The van der Waals surface area contributed by atoms with Crippen LogP contribution in [-0.4, -0.2) is 42.4 Å². The van der Waals surface area contributed by atoms with E-state index in [9.17, 15) is 13.6 Å². The van der Waals surface area contributed by atoms with E-state index in [4.69, 9.17) is 0 Å². The summed E-state index contributed by atoms with van der Waals surface area (Å²) < 4.78 is 25.6. The maximum absolute atomic E-state index is 12.8. The van der Waals surface area contributed by atoms with Gasteiger partial charge in [-0.3, -0.25) is 9.69 Å². The second-order valence-electron chi connectivity index (χ2n) is 3.42. The van der Waals surface area contributed by atoms with Crippen LogP contribution in [-0.2, 0) is 4.79 Å². The van der Waals surface area contributed by atoms with Gasteiger partial charge in [-0.05, 0) is 0 Å². The van der Waals surface area contributed by atoms with Crippen LogP contribution in [0.5, 0.6) is 0 Å². The van der Waals surface area contributed by atoms with Crippen LogP contribution < -0.4 is 5.32 Å². The van der Waals surface area contributed by atoms with Gasteiger partial charge in [0.15, 0.2) is 0 Å². The topological polar surface area (TPSA) is 32.3 Å². The largest absolute Gasteiger partial charge is 0.353 e. The summed E-state index contributed by atoms with van der Waals surface area (Å²) in [5.41, 5.74) is 0. The summed E-state index contributed by atoms with van der Waals surface area (Å²) in [5.74, 6) is -2.75. The van der Waals surface area contributed by atoms with Crippen molar-refractivity contribution < 1.29 is 13.6 Å². The van der Waals surface area contributed by atoms with Crippen LogP contribution in [0.3, 0.4) is 0 Å². The van der Waals surface area contributed by atoms with Gasteiger partial charge in [-0.25, -0.2) is 8.78 Å². The highest BCUT2D eigenvalue weighted by atomic mass is 19.3. The minimum Gasteiger partial charge on any atom is -0.353 e. The van der Waals surface area contributed by atoms with Gasteiger partial charge in [-0.15, -0.1) is 0 Å². The zero-order valence-corrected chi connectivity index (χ0v) is 6.52. The number of hydrogen-bond acceptors (Lipinski definition) is 2. The van der Waals surface area contributed by atoms with Crippen LogP contribution in [0.4, 0.5) is 8.78 Å². The molecule has 0 aromatic rings. The van der Waals surface area contributed by atoms with Gasteiger partial charge in [0, 0.05) is 19.0 Å². The molecule has 0 aliphatic carbocycles. The van der Waals surface area contributed by atoms with Gasteiger partial charge in [0.1, 0.15) is 0 Å². The zero-order chi connectivity index (χ0) is 8.77. The van der Waals surface area contributed by atoms with Crippen LogP contribution >= 0.6 is 0 Å². The molecule has 0 bridgehead atoms. The monoisotopic (exact) mass is 176 g/mol. The second kappa shape index (κ2) is 2.39. The molecule has 68 valence electrons. The summed E-state index contributed by atoms with van der Waals surface area (Å²) in [7, 11) is 0. The van der Waals surface area contributed by atoms with Crippen molar-refractivity contribution in [3.8, 4) is 0 Å². The third-order valence-electron chi connectivity index (χ3n) is 2.37. The van der Waals surface area contributed by atoms with E-state index in [1.807, 2.05) is 0 Å². The number of carbonyl (C=O) groups excluding carboxylic acids is 1. The fourth-order valence-corrected chi connectivity index (χ4v) is 1.82. The number of nitrogens with zero attached hydrogens (tertiary/aromatic N) is 1. The standard InChI is InChI=1S/C7H10F2N2O/c8-7(9)1-5-2-10-6(12)3-11(5)4-7/h5H,1-4H2,(H,10,12)/t5-/m0/s1. The number of alkyl halides is 2. The molecule has 2 aliphatic heterocycles. The molecule has 5 heteroatoms. The van der Waals surface area contributed by atoms with Crippen molar-refractivity contribution in [3.63, 3.8) is 0 Å². The highest BCUT2D eigenvalue weighted by Gasteiger charge is 2.46. The van der Waals surface area contributed by atoms with Crippen LogP contribution in [0, 0.1) is 0 Å². The predicted octanol–water partition coefficient (Wildman–Crippen LogP) is -0.174. The first-order chi connectivity index (χ1) is 5.57. The lowest BCUT2D eigenvalue weighted by molar-refractivity contribution is -0.124. The van der Waals surface area contributed by atoms with E-state index >= 15 is 0 Å². The van der Waals surface area contributed by atoms with Crippen molar-refractivity contribution in [3.05, 3.63) is 0 Å². The average Bonchev–Trinajstić information content (AvgIpc) is 2.21. The number of halogens is 2. The molecular formula is C7H10F2N2O. The van der Waals surface area contributed by atoms with Gasteiger partial charge in [0.2, 0.25) is 5.91 Å². The molecule has 1 N–H and O–H groups in total. The lowest BCUT2D eigenvalue weighted by atomic mass is 10.1. The Morgan fingerprint density at radius 2 is 2.33 bits per heavy atom. The quantitative estimate of drug-likeness (QED) is 0.555.